The molecule has 2 aromatic heterocycles. The zero-order valence-electron chi connectivity index (χ0n) is 15.3. The van der Waals surface area contributed by atoms with E-state index in [-0.39, 0.29) is 5.56 Å². The molecule has 2 heterocycles. The van der Waals surface area contributed by atoms with Gasteiger partial charge in [-0.05, 0) is 24.3 Å². The van der Waals surface area contributed by atoms with Crippen LogP contribution in [-0.2, 0) is 5.92 Å². The molecule has 0 spiro atoms. The molecule has 0 aliphatic rings. The molecule has 0 aliphatic carbocycles. The molecule has 2 aromatic carbocycles. The summed E-state index contributed by atoms with van der Waals surface area (Å²) in [6.45, 7) is 0.841. The number of nitrogens with zero attached hydrogens (tertiary/aromatic N) is 4. The lowest BCUT2D eigenvalue weighted by molar-refractivity contribution is 0.0175. The predicted octanol–water partition coefficient (Wildman–Crippen LogP) is 4.45. The average Bonchev–Trinajstić information content (AvgIpc) is 2.73. The number of amides is 1. The van der Waals surface area contributed by atoms with E-state index in [9.17, 15) is 13.6 Å². The van der Waals surface area contributed by atoms with Gasteiger partial charge in [0, 0.05) is 24.2 Å². The van der Waals surface area contributed by atoms with Crippen LogP contribution >= 0.6 is 0 Å². The van der Waals surface area contributed by atoms with Gasteiger partial charge < -0.3 is 5.32 Å². The fourth-order valence-electron chi connectivity index (χ4n) is 2.86. The van der Waals surface area contributed by atoms with E-state index < -0.39 is 11.8 Å². The maximum absolute atomic E-state index is 13.7. The van der Waals surface area contributed by atoms with Crippen LogP contribution in [0.25, 0.3) is 22.3 Å². The molecule has 0 aliphatic heterocycles. The molecule has 8 heteroatoms. The third kappa shape index (κ3) is 3.91. The summed E-state index contributed by atoms with van der Waals surface area (Å²) in [5.41, 5.74) is 1.95. The molecule has 6 nitrogen and oxygen atoms in total. The predicted molar refractivity (Wildman–Crippen MR) is 105 cm³/mol. The molecule has 0 saturated carbocycles. The molecule has 0 saturated heterocycles. The number of halogens is 2. The van der Waals surface area contributed by atoms with Gasteiger partial charge >= 0.3 is 0 Å². The molecule has 1 N–H and O–H groups in total. The third-order valence-electron chi connectivity index (χ3n) is 4.31. The third-order valence-corrected chi connectivity index (χ3v) is 4.31. The lowest BCUT2D eigenvalue weighted by Gasteiger charge is -2.12. The zero-order chi connectivity index (χ0) is 20.4. The first kappa shape index (κ1) is 18.5. The standard InChI is InChI=1S/C21H15F2N5O/c1-21(22,23)14-5-2-4-13(10-14)17-11-25-16-7-3-6-15(19(16)27-17)20(29)28-18-8-9-24-12-26-18/h2-12H,1H3,(H,24,26,28,29). The highest BCUT2D eigenvalue weighted by Gasteiger charge is 2.24. The highest BCUT2D eigenvalue weighted by molar-refractivity contribution is 6.11. The number of para-hydroxylation sites is 1. The van der Waals surface area contributed by atoms with Crippen molar-refractivity contribution in [3.8, 4) is 11.3 Å². The van der Waals surface area contributed by atoms with Gasteiger partial charge in [-0.2, -0.15) is 0 Å². The number of carbonyl (C=O) groups is 1. The summed E-state index contributed by atoms with van der Waals surface area (Å²) in [5, 5.41) is 2.68. The SMILES string of the molecule is CC(F)(F)c1cccc(-c2cnc3cccc(C(=O)Nc4ccncn4)c3n2)c1. The summed E-state index contributed by atoms with van der Waals surface area (Å²) in [4.78, 5) is 29.4. The second-order valence-electron chi connectivity index (χ2n) is 6.45. The molecular formula is C21H15F2N5O. The van der Waals surface area contributed by atoms with Crippen molar-refractivity contribution in [2.45, 2.75) is 12.8 Å². The van der Waals surface area contributed by atoms with Gasteiger partial charge in [0.1, 0.15) is 17.7 Å². The van der Waals surface area contributed by atoms with Crippen molar-refractivity contribution in [1.29, 1.82) is 0 Å². The highest BCUT2D eigenvalue weighted by atomic mass is 19.3. The summed E-state index contributed by atoms with van der Waals surface area (Å²) in [6, 6.07) is 12.6. The second kappa shape index (κ2) is 7.31. The average molecular weight is 391 g/mol. The Morgan fingerprint density at radius 1 is 1.07 bits per heavy atom. The molecule has 0 unspecified atom stereocenters. The summed E-state index contributed by atoms with van der Waals surface area (Å²) < 4.78 is 27.4. The van der Waals surface area contributed by atoms with Crippen molar-refractivity contribution >= 4 is 22.8 Å². The maximum atomic E-state index is 13.7. The number of hydrogen-bond donors (Lipinski definition) is 1. The minimum Gasteiger partial charge on any atom is -0.306 e. The first-order chi connectivity index (χ1) is 13.9. The van der Waals surface area contributed by atoms with E-state index in [1.807, 2.05) is 0 Å². The summed E-state index contributed by atoms with van der Waals surface area (Å²) in [6.07, 6.45) is 4.34. The lowest BCUT2D eigenvalue weighted by atomic mass is 10.0. The molecule has 0 fully saturated rings. The molecule has 4 rings (SSSR count). The van der Waals surface area contributed by atoms with E-state index in [0.29, 0.717) is 33.7 Å². The van der Waals surface area contributed by atoms with Gasteiger partial charge in [0.05, 0.1) is 23.0 Å². The molecule has 144 valence electrons. The Labute approximate surface area is 164 Å². The van der Waals surface area contributed by atoms with Crippen LogP contribution in [0.15, 0.2) is 67.3 Å². The molecule has 0 atom stereocenters. The van der Waals surface area contributed by atoms with Crippen LogP contribution in [0.4, 0.5) is 14.6 Å². The quantitative estimate of drug-likeness (QED) is 0.556. The van der Waals surface area contributed by atoms with Crippen molar-refractivity contribution < 1.29 is 13.6 Å². The number of fused-ring (bicyclic) bond motifs is 1. The molecule has 4 aromatic rings. The molecule has 1 amide bonds. The summed E-state index contributed by atoms with van der Waals surface area (Å²) in [7, 11) is 0. The Morgan fingerprint density at radius 2 is 1.90 bits per heavy atom. The van der Waals surface area contributed by atoms with Crippen LogP contribution in [0.5, 0.6) is 0 Å². The Bertz CT molecular complexity index is 1190. The van der Waals surface area contributed by atoms with Crippen molar-refractivity contribution in [3.05, 3.63) is 78.4 Å². The highest BCUT2D eigenvalue weighted by Crippen LogP contribution is 2.30. The van der Waals surface area contributed by atoms with E-state index in [1.165, 1.54) is 30.9 Å². The normalized spacial score (nSPS) is 11.4. The van der Waals surface area contributed by atoms with Crippen molar-refractivity contribution in [3.63, 3.8) is 0 Å². The minimum absolute atomic E-state index is 0.119. The number of benzene rings is 2. The molecule has 0 bridgehead atoms. The number of carbonyl (C=O) groups excluding carboxylic acids is 1. The Hall–Kier alpha value is -3.81. The smallest absolute Gasteiger partial charge is 0.270 e. The fraction of sp³-hybridized carbons (Fsp3) is 0.0952. The summed E-state index contributed by atoms with van der Waals surface area (Å²) >= 11 is 0. The van der Waals surface area contributed by atoms with Crippen molar-refractivity contribution in [2.75, 3.05) is 5.32 Å². The number of rotatable bonds is 4. The van der Waals surface area contributed by atoms with Crippen LogP contribution in [0.1, 0.15) is 22.8 Å². The van der Waals surface area contributed by atoms with Gasteiger partial charge in [-0.1, -0.05) is 24.3 Å². The van der Waals surface area contributed by atoms with Gasteiger partial charge in [-0.25, -0.2) is 23.7 Å². The number of anilines is 1. The first-order valence-corrected chi connectivity index (χ1v) is 8.74. The van der Waals surface area contributed by atoms with Crippen LogP contribution < -0.4 is 5.32 Å². The number of alkyl halides is 2. The van der Waals surface area contributed by atoms with E-state index >= 15 is 0 Å². The Balaban J connectivity index is 1.76. The van der Waals surface area contributed by atoms with Gasteiger partial charge in [0.15, 0.2) is 0 Å². The Morgan fingerprint density at radius 3 is 2.66 bits per heavy atom. The minimum atomic E-state index is -2.97. The summed E-state index contributed by atoms with van der Waals surface area (Å²) in [5.74, 6) is -3.03. The second-order valence-corrected chi connectivity index (χ2v) is 6.45. The Kier molecular flexibility index (Phi) is 4.67. The lowest BCUT2D eigenvalue weighted by Crippen LogP contribution is -2.14. The topological polar surface area (TPSA) is 80.7 Å². The van der Waals surface area contributed by atoms with E-state index in [1.54, 1.807) is 36.4 Å². The zero-order valence-corrected chi connectivity index (χ0v) is 15.3. The maximum Gasteiger partial charge on any atom is 0.270 e. The van der Waals surface area contributed by atoms with Crippen LogP contribution in [0, 0.1) is 0 Å². The van der Waals surface area contributed by atoms with Gasteiger partial charge in [-0.3, -0.25) is 9.78 Å². The monoisotopic (exact) mass is 391 g/mol. The molecule has 0 radical (unpaired) electrons. The van der Waals surface area contributed by atoms with Gasteiger partial charge in [0.25, 0.3) is 11.8 Å². The molecular weight excluding hydrogens is 376 g/mol. The number of nitrogens with one attached hydrogen (secondary N) is 1. The largest absolute Gasteiger partial charge is 0.306 e. The molecule has 29 heavy (non-hydrogen) atoms. The van der Waals surface area contributed by atoms with Crippen molar-refractivity contribution in [2.24, 2.45) is 0 Å². The van der Waals surface area contributed by atoms with Crippen LogP contribution in [0.3, 0.4) is 0 Å². The van der Waals surface area contributed by atoms with Crippen LogP contribution in [0.2, 0.25) is 0 Å². The number of aromatic nitrogens is 4. The number of hydrogen-bond acceptors (Lipinski definition) is 5. The fourth-order valence-corrected chi connectivity index (χ4v) is 2.86. The van der Waals surface area contributed by atoms with Crippen molar-refractivity contribution in [1.82, 2.24) is 19.9 Å². The van der Waals surface area contributed by atoms with Gasteiger partial charge in [0.2, 0.25) is 0 Å². The van der Waals surface area contributed by atoms with E-state index in [0.717, 1.165) is 6.92 Å². The van der Waals surface area contributed by atoms with E-state index in [4.69, 9.17) is 0 Å². The first-order valence-electron chi connectivity index (χ1n) is 8.74. The van der Waals surface area contributed by atoms with Gasteiger partial charge in [-0.15, -0.1) is 0 Å². The van der Waals surface area contributed by atoms with E-state index in [2.05, 4.69) is 25.3 Å². The van der Waals surface area contributed by atoms with Crippen LogP contribution in [-0.4, -0.2) is 25.8 Å².